The van der Waals surface area contributed by atoms with Crippen molar-refractivity contribution in [2.45, 2.75) is 81.9 Å². The van der Waals surface area contributed by atoms with E-state index in [9.17, 15) is 0 Å². The molecule has 5 heteroatoms. The van der Waals surface area contributed by atoms with E-state index in [1.807, 2.05) is 17.6 Å². The lowest BCUT2D eigenvalue weighted by atomic mass is 9.77. The van der Waals surface area contributed by atoms with Gasteiger partial charge in [0, 0.05) is 21.6 Å². The molecule has 25 heavy (non-hydrogen) atoms. The number of rotatable bonds is 6. The van der Waals surface area contributed by atoms with Gasteiger partial charge in [-0.3, -0.25) is 0 Å². The largest absolute Gasteiger partial charge is 0.448 e. The number of nitrogens with zero attached hydrogens (tertiary/aromatic N) is 2. The molecule has 2 heterocycles. The molecule has 0 saturated heterocycles. The fraction of sp³-hybridized carbons (Fsp3) is 0.700. The normalized spacial score (nSPS) is 14.0. The van der Waals surface area contributed by atoms with E-state index in [2.05, 4.69) is 66.4 Å². The van der Waals surface area contributed by atoms with Crippen LogP contribution in [0.5, 0.6) is 0 Å². The Hall–Kier alpha value is -0.810. The maximum Gasteiger partial charge on any atom is 0.199 e. The van der Waals surface area contributed by atoms with Gasteiger partial charge in [-0.05, 0) is 25.4 Å². The second-order valence-corrected chi connectivity index (χ2v) is 12.8. The molecule has 2 aromatic rings. The van der Waals surface area contributed by atoms with Crippen LogP contribution in [-0.2, 0) is 16.2 Å². The van der Waals surface area contributed by atoms with Gasteiger partial charge in [0.15, 0.2) is 5.89 Å². The molecule has 0 spiro atoms. The maximum absolute atomic E-state index is 5.84. The van der Waals surface area contributed by atoms with Crippen LogP contribution in [0.15, 0.2) is 20.4 Å². The highest BCUT2D eigenvalue weighted by Crippen LogP contribution is 2.39. The lowest BCUT2D eigenvalue weighted by Crippen LogP contribution is -2.25. The summed E-state index contributed by atoms with van der Waals surface area (Å²) in [5, 5.41) is 2.24. The van der Waals surface area contributed by atoms with Crippen LogP contribution in [0.25, 0.3) is 0 Å². The third kappa shape index (κ3) is 4.88. The highest BCUT2D eigenvalue weighted by Gasteiger charge is 2.32. The minimum Gasteiger partial charge on any atom is -0.448 e. The Labute approximate surface area is 160 Å². The standard InChI is InChI=1S/C20H34N2OS2/c1-18(2,3)14-12-23-16(21-14)20(6,7)11-10-19(4,5)15-13-24-17(22-15)25(8)9/h12-13,25H,10-11H2,1-9H3. The first kappa shape index (κ1) is 20.5. The van der Waals surface area contributed by atoms with Gasteiger partial charge in [0.05, 0.1) is 11.4 Å². The first-order chi connectivity index (χ1) is 11.3. The van der Waals surface area contributed by atoms with Crippen LogP contribution in [0, 0.1) is 0 Å². The summed E-state index contributed by atoms with van der Waals surface area (Å²) in [6.07, 6.45) is 8.43. The summed E-state index contributed by atoms with van der Waals surface area (Å²) in [6, 6.07) is 0. The van der Waals surface area contributed by atoms with Crippen LogP contribution >= 0.6 is 22.2 Å². The van der Waals surface area contributed by atoms with Crippen LogP contribution in [0.3, 0.4) is 0 Å². The average Bonchev–Trinajstić information content (AvgIpc) is 3.14. The number of oxazole rings is 1. The number of thiazole rings is 1. The molecule has 0 aromatic carbocycles. The molecule has 2 aromatic heterocycles. The van der Waals surface area contributed by atoms with Gasteiger partial charge in [0.2, 0.25) is 0 Å². The summed E-state index contributed by atoms with van der Waals surface area (Å²) in [6.45, 7) is 15.6. The molecule has 0 fully saturated rings. The van der Waals surface area contributed by atoms with Crippen molar-refractivity contribution < 1.29 is 4.42 Å². The predicted molar refractivity (Wildman–Crippen MR) is 112 cm³/mol. The van der Waals surface area contributed by atoms with E-state index in [0.29, 0.717) is 0 Å². The van der Waals surface area contributed by atoms with Crippen molar-refractivity contribution in [2.75, 3.05) is 12.5 Å². The lowest BCUT2D eigenvalue weighted by molar-refractivity contribution is 0.309. The Morgan fingerprint density at radius 1 is 0.920 bits per heavy atom. The zero-order valence-corrected chi connectivity index (χ0v) is 18.9. The van der Waals surface area contributed by atoms with Crippen LogP contribution in [-0.4, -0.2) is 22.5 Å². The fourth-order valence-electron chi connectivity index (χ4n) is 2.57. The van der Waals surface area contributed by atoms with Crippen molar-refractivity contribution >= 4 is 22.2 Å². The van der Waals surface area contributed by atoms with E-state index in [0.717, 1.165) is 24.4 Å². The lowest BCUT2D eigenvalue weighted by Gasteiger charge is -2.28. The third-order valence-corrected chi connectivity index (χ3v) is 7.71. The molecule has 0 aliphatic carbocycles. The predicted octanol–water partition coefficient (Wildman–Crippen LogP) is 6.08. The fourth-order valence-corrected chi connectivity index (χ4v) is 4.62. The van der Waals surface area contributed by atoms with E-state index in [1.54, 1.807) is 0 Å². The Balaban J connectivity index is 2.10. The molecule has 0 aliphatic rings. The summed E-state index contributed by atoms with van der Waals surface area (Å²) in [4.78, 5) is 9.68. The van der Waals surface area contributed by atoms with Crippen LogP contribution in [0.1, 0.15) is 78.6 Å². The monoisotopic (exact) mass is 382 g/mol. The topological polar surface area (TPSA) is 38.9 Å². The molecule has 3 nitrogen and oxygen atoms in total. The number of aromatic nitrogens is 2. The van der Waals surface area contributed by atoms with Crippen LogP contribution in [0.4, 0.5) is 0 Å². The van der Waals surface area contributed by atoms with Crippen molar-refractivity contribution in [1.29, 1.82) is 0 Å². The van der Waals surface area contributed by atoms with Gasteiger partial charge >= 0.3 is 0 Å². The Bertz CT molecular complexity index is 705. The molecule has 0 atom stereocenters. The Morgan fingerprint density at radius 3 is 2.00 bits per heavy atom. The molecule has 2 rings (SSSR count). The van der Waals surface area contributed by atoms with Gasteiger partial charge in [0.1, 0.15) is 10.6 Å². The second-order valence-electron chi connectivity index (χ2n) is 9.47. The highest BCUT2D eigenvalue weighted by molar-refractivity contribution is 8.17. The second kappa shape index (κ2) is 7.07. The van der Waals surface area contributed by atoms with Gasteiger partial charge in [-0.2, -0.15) is 0 Å². The molecule has 142 valence electrons. The first-order valence-corrected chi connectivity index (χ1v) is 12.0. The van der Waals surface area contributed by atoms with Crippen molar-refractivity contribution in [3.05, 3.63) is 28.9 Å². The summed E-state index contributed by atoms with van der Waals surface area (Å²) < 4.78 is 7.13. The molecule has 0 N–H and O–H groups in total. The highest BCUT2D eigenvalue weighted by atomic mass is 32.2. The molecular formula is C20H34N2OS2. The van der Waals surface area contributed by atoms with Crippen molar-refractivity contribution in [1.82, 2.24) is 9.97 Å². The zero-order valence-electron chi connectivity index (χ0n) is 17.2. The van der Waals surface area contributed by atoms with E-state index >= 15 is 0 Å². The average molecular weight is 383 g/mol. The summed E-state index contributed by atoms with van der Waals surface area (Å²) in [5.41, 5.74) is 2.26. The minimum absolute atomic E-state index is 0.0206. The number of hydrogen-bond donors (Lipinski definition) is 1. The molecule has 0 saturated carbocycles. The van der Waals surface area contributed by atoms with Gasteiger partial charge < -0.3 is 4.42 Å². The maximum atomic E-state index is 5.84. The van der Waals surface area contributed by atoms with Crippen molar-refractivity contribution in [2.24, 2.45) is 0 Å². The SMILES string of the molecule is C[SH](C)c1nc(C(C)(C)CCC(C)(C)c2nc(C(C)(C)C)co2)cs1. The van der Waals surface area contributed by atoms with Gasteiger partial charge in [-0.25, -0.2) is 20.9 Å². The molecule has 0 amide bonds. The third-order valence-electron chi connectivity index (χ3n) is 4.79. The van der Waals surface area contributed by atoms with Crippen LogP contribution in [0.2, 0.25) is 0 Å². The molecule has 0 bridgehead atoms. The Kier molecular flexibility index (Phi) is 5.80. The van der Waals surface area contributed by atoms with Crippen molar-refractivity contribution in [3.63, 3.8) is 0 Å². The van der Waals surface area contributed by atoms with Gasteiger partial charge in [-0.1, -0.05) is 48.5 Å². The van der Waals surface area contributed by atoms with Crippen molar-refractivity contribution in [3.8, 4) is 0 Å². The van der Waals surface area contributed by atoms with E-state index in [1.165, 1.54) is 10.0 Å². The molecular weight excluding hydrogens is 348 g/mol. The molecule has 0 radical (unpaired) electrons. The summed E-state index contributed by atoms with van der Waals surface area (Å²) in [7, 11) is -0.116. The minimum atomic E-state index is -0.116. The molecule has 0 aliphatic heterocycles. The zero-order chi connectivity index (χ0) is 19.0. The van der Waals surface area contributed by atoms with E-state index in [-0.39, 0.29) is 27.1 Å². The summed E-state index contributed by atoms with van der Waals surface area (Å²) in [5.74, 6) is 0.845. The summed E-state index contributed by atoms with van der Waals surface area (Å²) >= 11 is 1.81. The molecule has 0 unspecified atom stereocenters. The Morgan fingerprint density at radius 2 is 1.52 bits per heavy atom. The van der Waals surface area contributed by atoms with Gasteiger partial charge in [0.25, 0.3) is 0 Å². The van der Waals surface area contributed by atoms with E-state index in [4.69, 9.17) is 14.4 Å². The quantitative estimate of drug-likeness (QED) is 0.615. The van der Waals surface area contributed by atoms with E-state index < -0.39 is 0 Å². The van der Waals surface area contributed by atoms with Gasteiger partial charge in [-0.15, -0.1) is 11.3 Å². The first-order valence-electron chi connectivity index (χ1n) is 8.93. The smallest absolute Gasteiger partial charge is 0.199 e. The van der Waals surface area contributed by atoms with Crippen LogP contribution < -0.4 is 0 Å². The number of hydrogen-bond acceptors (Lipinski definition) is 4. The number of thiol groups is 1.